The quantitative estimate of drug-likeness (QED) is 0.448. The van der Waals surface area contributed by atoms with Gasteiger partial charge in [-0.3, -0.25) is 0 Å². The Morgan fingerprint density at radius 2 is 1.55 bits per heavy atom. The first-order valence-corrected chi connectivity index (χ1v) is 6.84. The van der Waals surface area contributed by atoms with Crippen LogP contribution in [0.25, 0.3) is 27.5 Å². The molecule has 0 amide bonds. The number of aryl methyl sites for hydroxylation is 1. The number of hydrogen-bond acceptors (Lipinski definition) is 1. The van der Waals surface area contributed by atoms with E-state index >= 15 is 0 Å². The number of fused-ring (bicyclic) bond motifs is 5. The molecule has 0 aliphatic carbocycles. The Morgan fingerprint density at radius 1 is 0.909 bits per heavy atom. The molecule has 110 valence electrons. The molecule has 0 N–H and O–H groups in total. The molecule has 4 rings (SSSR count). The highest BCUT2D eigenvalue weighted by atomic mass is 19.4. The van der Waals surface area contributed by atoms with Gasteiger partial charge in [0, 0.05) is 5.39 Å². The molecule has 2 heterocycles. The summed E-state index contributed by atoms with van der Waals surface area (Å²) in [6, 6.07) is 14.2. The van der Waals surface area contributed by atoms with Crippen LogP contribution in [0.5, 0.6) is 0 Å². The van der Waals surface area contributed by atoms with E-state index < -0.39 is 11.9 Å². The minimum absolute atomic E-state index is 0.132. The largest absolute Gasteiger partial charge is 0.435 e. The standard InChI is InChI=1S/C17H11F3N2/c1-10-11-6-2-4-8-13(11)22-14-9-5-3-7-12(14)21-16(15(10)22)17(18,19)20/h2-9H,1H3. The van der Waals surface area contributed by atoms with E-state index in [1.54, 1.807) is 35.6 Å². The van der Waals surface area contributed by atoms with E-state index in [1.807, 2.05) is 24.3 Å². The van der Waals surface area contributed by atoms with Crippen LogP contribution in [-0.2, 0) is 6.18 Å². The van der Waals surface area contributed by atoms with Gasteiger partial charge < -0.3 is 4.40 Å². The van der Waals surface area contributed by atoms with Gasteiger partial charge in [-0.15, -0.1) is 0 Å². The summed E-state index contributed by atoms with van der Waals surface area (Å²) in [7, 11) is 0. The van der Waals surface area contributed by atoms with Crippen molar-refractivity contribution in [2.24, 2.45) is 0 Å². The highest BCUT2D eigenvalue weighted by molar-refractivity contribution is 5.97. The molecule has 0 aliphatic heterocycles. The van der Waals surface area contributed by atoms with Crippen LogP contribution in [0.2, 0.25) is 0 Å². The highest BCUT2D eigenvalue weighted by Crippen LogP contribution is 2.38. The van der Waals surface area contributed by atoms with E-state index in [0.29, 0.717) is 16.6 Å². The van der Waals surface area contributed by atoms with Crippen molar-refractivity contribution < 1.29 is 13.2 Å². The molecule has 0 saturated heterocycles. The Morgan fingerprint density at radius 3 is 2.27 bits per heavy atom. The molecule has 2 aromatic heterocycles. The van der Waals surface area contributed by atoms with Gasteiger partial charge in [0.05, 0.1) is 22.1 Å². The lowest BCUT2D eigenvalue weighted by atomic mass is 10.1. The lowest BCUT2D eigenvalue weighted by molar-refractivity contribution is -0.139. The number of hydrogen-bond donors (Lipinski definition) is 0. The van der Waals surface area contributed by atoms with Crippen molar-refractivity contribution in [1.29, 1.82) is 0 Å². The molecule has 2 aromatic carbocycles. The summed E-state index contributed by atoms with van der Waals surface area (Å²) in [5.74, 6) is 0. The first-order valence-electron chi connectivity index (χ1n) is 6.84. The van der Waals surface area contributed by atoms with Gasteiger partial charge in [0.15, 0.2) is 5.69 Å². The average molecular weight is 300 g/mol. The monoisotopic (exact) mass is 300 g/mol. The van der Waals surface area contributed by atoms with Gasteiger partial charge in [0.2, 0.25) is 0 Å². The highest BCUT2D eigenvalue weighted by Gasteiger charge is 2.37. The SMILES string of the molecule is Cc1c2ccccc2n2c1c(C(F)(F)F)nc1ccccc12. The summed E-state index contributed by atoms with van der Waals surface area (Å²) in [5.41, 5.74) is 1.67. The fourth-order valence-electron chi connectivity index (χ4n) is 3.05. The number of rotatable bonds is 0. The Kier molecular flexibility index (Phi) is 2.52. The van der Waals surface area contributed by atoms with Gasteiger partial charge in [-0.05, 0) is 30.7 Å². The van der Waals surface area contributed by atoms with Gasteiger partial charge in [-0.1, -0.05) is 30.3 Å². The van der Waals surface area contributed by atoms with Crippen molar-refractivity contribution in [1.82, 2.24) is 9.38 Å². The summed E-state index contributed by atoms with van der Waals surface area (Å²) >= 11 is 0. The van der Waals surface area contributed by atoms with Crippen molar-refractivity contribution >= 4 is 27.5 Å². The third kappa shape index (κ3) is 1.65. The molecule has 0 fully saturated rings. The van der Waals surface area contributed by atoms with Crippen LogP contribution < -0.4 is 0 Å². The minimum Gasteiger partial charge on any atom is -0.305 e. The Balaban J connectivity index is 2.39. The van der Waals surface area contributed by atoms with Crippen LogP contribution in [0.4, 0.5) is 13.2 Å². The van der Waals surface area contributed by atoms with Crippen molar-refractivity contribution in [3.05, 3.63) is 59.8 Å². The molecule has 0 aliphatic rings. The fourth-order valence-corrected chi connectivity index (χ4v) is 3.05. The van der Waals surface area contributed by atoms with E-state index in [1.165, 1.54) is 0 Å². The molecule has 0 unspecified atom stereocenters. The smallest absolute Gasteiger partial charge is 0.305 e. The maximum atomic E-state index is 13.5. The normalized spacial score (nSPS) is 12.5. The van der Waals surface area contributed by atoms with Gasteiger partial charge in [0.1, 0.15) is 0 Å². The molecular weight excluding hydrogens is 289 g/mol. The van der Waals surface area contributed by atoms with Crippen molar-refractivity contribution in [3.8, 4) is 0 Å². The second kappa shape index (κ2) is 4.22. The number of aromatic nitrogens is 2. The second-order valence-electron chi connectivity index (χ2n) is 5.27. The van der Waals surface area contributed by atoms with Crippen LogP contribution in [0.3, 0.4) is 0 Å². The number of benzene rings is 2. The van der Waals surface area contributed by atoms with Crippen LogP contribution in [-0.4, -0.2) is 9.38 Å². The average Bonchev–Trinajstić information content (AvgIpc) is 2.80. The van der Waals surface area contributed by atoms with Crippen molar-refractivity contribution in [3.63, 3.8) is 0 Å². The Labute approximate surface area is 123 Å². The van der Waals surface area contributed by atoms with Crippen LogP contribution in [0, 0.1) is 6.92 Å². The van der Waals surface area contributed by atoms with Gasteiger partial charge >= 0.3 is 6.18 Å². The molecular formula is C17H11F3N2. The summed E-state index contributed by atoms with van der Waals surface area (Å²) in [4.78, 5) is 3.88. The zero-order chi connectivity index (χ0) is 15.5. The van der Waals surface area contributed by atoms with E-state index in [4.69, 9.17) is 0 Å². The van der Waals surface area contributed by atoms with Gasteiger partial charge in [0.25, 0.3) is 0 Å². The third-order valence-electron chi connectivity index (χ3n) is 3.98. The van der Waals surface area contributed by atoms with Crippen LogP contribution in [0.15, 0.2) is 48.5 Å². The first-order chi connectivity index (χ1) is 10.5. The lowest BCUT2D eigenvalue weighted by Gasteiger charge is -2.12. The Bertz CT molecular complexity index is 1030. The zero-order valence-corrected chi connectivity index (χ0v) is 11.6. The van der Waals surface area contributed by atoms with E-state index in [9.17, 15) is 13.2 Å². The molecule has 4 aromatic rings. The summed E-state index contributed by atoms with van der Waals surface area (Å²) in [5, 5.41) is 0.811. The van der Waals surface area contributed by atoms with E-state index in [-0.39, 0.29) is 5.52 Å². The summed E-state index contributed by atoms with van der Waals surface area (Å²) < 4.78 is 42.1. The van der Waals surface area contributed by atoms with E-state index in [2.05, 4.69) is 4.98 Å². The predicted octanol–water partition coefficient (Wildman–Crippen LogP) is 4.97. The molecule has 0 atom stereocenters. The van der Waals surface area contributed by atoms with Gasteiger partial charge in [-0.2, -0.15) is 13.2 Å². The number of halogens is 3. The molecule has 2 nitrogen and oxygen atoms in total. The zero-order valence-electron chi connectivity index (χ0n) is 11.6. The molecule has 0 radical (unpaired) electrons. The molecule has 22 heavy (non-hydrogen) atoms. The Hall–Kier alpha value is -2.56. The third-order valence-corrected chi connectivity index (χ3v) is 3.98. The van der Waals surface area contributed by atoms with Crippen molar-refractivity contribution in [2.45, 2.75) is 13.1 Å². The topological polar surface area (TPSA) is 17.3 Å². The minimum atomic E-state index is -4.50. The molecule has 5 heteroatoms. The van der Waals surface area contributed by atoms with E-state index in [0.717, 1.165) is 10.9 Å². The lowest BCUT2D eigenvalue weighted by Crippen LogP contribution is -2.11. The maximum Gasteiger partial charge on any atom is 0.435 e. The summed E-state index contributed by atoms with van der Waals surface area (Å²) in [6.45, 7) is 1.71. The summed E-state index contributed by atoms with van der Waals surface area (Å²) in [6.07, 6.45) is -4.50. The number of nitrogens with zero attached hydrogens (tertiary/aromatic N) is 2. The second-order valence-corrected chi connectivity index (χ2v) is 5.27. The fraction of sp³-hybridized carbons (Fsp3) is 0.118. The molecule has 0 saturated carbocycles. The predicted molar refractivity (Wildman–Crippen MR) is 79.9 cm³/mol. The van der Waals surface area contributed by atoms with Gasteiger partial charge in [-0.25, -0.2) is 4.98 Å². The number of alkyl halides is 3. The van der Waals surface area contributed by atoms with Crippen molar-refractivity contribution in [2.75, 3.05) is 0 Å². The van der Waals surface area contributed by atoms with Crippen LogP contribution in [0.1, 0.15) is 11.3 Å². The molecule has 0 spiro atoms. The molecule has 0 bridgehead atoms. The number of para-hydroxylation sites is 3. The van der Waals surface area contributed by atoms with Crippen LogP contribution >= 0.6 is 0 Å². The maximum absolute atomic E-state index is 13.5. The first kappa shape index (κ1) is 13.1.